The molecule has 4 heterocycles. The zero-order valence-electron chi connectivity index (χ0n) is 18.7. The molecular weight excluding hydrogens is 400 g/mol. The number of likely N-dealkylation sites (tertiary alicyclic amines) is 2. The maximum Gasteiger partial charge on any atom is 0.123 e. The molecule has 32 heavy (non-hydrogen) atoms. The summed E-state index contributed by atoms with van der Waals surface area (Å²) in [6.07, 6.45) is 12.1. The Morgan fingerprint density at radius 1 is 0.844 bits per heavy atom. The minimum Gasteiger partial charge on any atom is -0.340 e. The summed E-state index contributed by atoms with van der Waals surface area (Å²) in [5, 5.41) is 0. The van der Waals surface area contributed by atoms with E-state index in [1.807, 2.05) is 49.1 Å². The summed E-state index contributed by atoms with van der Waals surface area (Å²) in [5.41, 5.74) is 3.53. The first-order valence-corrected chi connectivity index (χ1v) is 11.3. The largest absolute Gasteiger partial charge is 0.340 e. The van der Waals surface area contributed by atoms with Gasteiger partial charge in [-0.3, -0.25) is 19.8 Å². The van der Waals surface area contributed by atoms with Crippen LogP contribution < -0.4 is 0 Å². The highest BCUT2D eigenvalue weighted by Crippen LogP contribution is 2.29. The molecule has 2 aliphatic rings. The predicted octanol–water partition coefficient (Wildman–Crippen LogP) is 4.17. The monoisotopic (exact) mass is 430 g/mol. The third kappa shape index (κ3) is 4.56. The fourth-order valence-corrected chi connectivity index (χ4v) is 4.63. The Labute approximate surface area is 188 Å². The smallest absolute Gasteiger partial charge is 0.123 e. The third-order valence-corrected chi connectivity index (χ3v) is 6.44. The summed E-state index contributed by atoms with van der Waals surface area (Å²) in [4.78, 5) is 29.8. The van der Waals surface area contributed by atoms with Gasteiger partial charge < -0.3 is 9.97 Å². The van der Waals surface area contributed by atoms with Crippen molar-refractivity contribution in [2.45, 2.75) is 37.8 Å². The summed E-state index contributed by atoms with van der Waals surface area (Å²) < 4.78 is 0. The van der Waals surface area contributed by atoms with Crippen molar-refractivity contribution in [1.29, 1.82) is 0 Å². The number of nitrogens with zero attached hydrogens (tertiary/aromatic N) is 6. The van der Waals surface area contributed by atoms with E-state index in [1.165, 1.54) is 12.8 Å². The quantitative estimate of drug-likeness (QED) is 0.575. The number of aromatic nitrogens is 4. The number of aliphatic imine (C=N–C) groups is 2. The minimum absolute atomic E-state index is 0.381. The van der Waals surface area contributed by atoms with Gasteiger partial charge in [0.05, 0.1) is 59.7 Å². The molecule has 2 aliphatic heterocycles. The van der Waals surface area contributed by atoms with Crippen LogP contribution >= 0.6 is 0 Å². The van der Waals surface area contributed by atoms with Crippen LogP contribution in [0.5, 0.6) is 0 Å². The van der Waals surface area contributed by atoms with Gasteiger partial charge in [0.1, 0.15) is 11.6 Å². The van der Waals surface area contributed by atoms with E-state index < -0.39 is 0 Å². The molecule has 2 saturated heterocycles. The van der Waals surface area contributed by atoms with E-state index in [0.29, 0.717) is 12.1 Å². The second kappa shape index (κ2) is 9.18. The first-order valence-electron chi connectivity index (χ1n) is 11.3. The molecule has 0 aliphatic carbocycles. The maximum absolute atomic E-state index is 4.61. The van der Waals surface area contributed by atoms with E-state index in [-0.39, 0.29) is 0 Å². The standard InChI is InChI=1S/C24H30N8/c1-31-10-4-8-21(31)23-27-15-19(29-23)13-25-17-6-3-7-18(12-17)26-14-20-16-28-24(30-20)22-9-5-11-32(22)2/h3,6-7,12-16,21-22H,4-5,8-11H2,1-2H3,(H,27,29)(H,28,30)/t21-,22-/m0/s1. The summed E-state index contributed by atoms with van der Waals surface area (Å²) >= 11 is 0. The van der Waals surface area contributed by atoms with Gasteiger partial charge in [-0.05, 0) is 71.1 Å². The van der Waals surface area contributed by atoms with Gasteiger partial charge in [-0.15, -0.1) is 0 Å². The highest BCUT2D eigenvalue weighted by Gasteiger charge is 2.25. The summed E-state index contributed by atoms with van der Waals surface area (Å²) in [7, 11) is 4.30. The molecule has 5 rings (SSSR count). The molecule has 0 unspecified atom stereocenters. The zero-order valence-corrected chi connectivity index (χ0v) is 18.7. The van der Waals surface area contributed by atoms with Crippen LogP contribution in [0, 0.1) is 0 Å². The van der Waals surface area contributed by atoms with Crippen molar-refractivity contribution in [3.8, 4) is 0 Å². The van der Waals surface area contributed by atoms with Crippen LogP contribution in [0.1, 0.15) is 60.8 Å². The number of imidazole rings is 2. The molecule has 8 nitrogen and oxygen atoms in total. The van der Waals surface area contributed by atoms with Gasteiger partial charge in [0, 0.05) is 0 Å². The Morgan fingerprint density at radius 2 is 1.34 bits per heavy atom. The predicted molar refractivity (Wildman–Crippen MR) is 127 cm³/mol. The lowest BCUT2D eigenvalue weighted by Crippen LogP contribution is -2.18. The first-order chi connectivity index (χ1) is 15.7. The van der Waals surface area contributed by atoms with Gasteiger partial charge in [0.2, 0.25) is 0 Å². The molecule has 0 saturated carbocycles. The number of hydrogen-bond acceptors (Lipinski definition) is 6. The Bertz CT molecular complexity index is 1030. The third-order valence-electron chi connectivity index (χ3n) is 6.44. The van der Waals surface area contributed by atoms with Crippen LogP contribution in [0.25, 0.3) is 0 Å². The number of rotatable bonds is 6. The van der Waals surface area contributed by atoms with Crippen molar-refractivity contribution in [2.75, 3.05) is 27.2 Å². The van der Waals surface area contributed by atoms with Gasteiger partial charge in [-0.1, -0.05) is 6.07 Å². The number of benzene rings is 1. The highest BCUT2D eigenvalue weighted by molar-refractivity contribution is 5.81. The van der Waals surface area contributed by atoms with Crippen LogP contribution in [0.15, 0.2) is 46.6 Å². The molecule has 1 aromatic carbocycles. The Balaban J connectivity index is 1.24. The molecule has 0 radical (unpaired) electrons. The lowest BCUT2D eigenvalue weighted by atomic mass is 10.2. The fourth-order valence-electron chi connectivity index (χ4n) is 4.63. The summed E-state index contributed by atoms with van der Waals surface area (Å²) in [5.74, 6) is 2.04. The average Bonchev–Trinajstić information content (AvgIpc) is 3.59. The van der Waals surface area contributed by atoms with Crippen molar-refractivity contribution in [1.82, 2.24) is 29.7 Å². The minimum atomic E-state index is 0.381. The highest BCUT2D eigenvalue weighted by atomic mass is 15.2. The zero-order chi connectivity index (χ0) is 21.9. The summed E-state index contributed by atoms with van der Waals surface area (Å²) in [6, 6.07) is 8.65. The van der Waals surface area contributed by atoms with Crippen LogP contribution in [0.2, 0.25) is 0 Å². The van der Waals surface area contributed by atoms with Crippen molar-refractivity contribution < 1.29 is 0 Å². The topological polar surface area (TPSA) is 88.6 Å². The van der Waals surface area contributed by atoms with Gasteiger partial charge in [-0.25, -0.2) is 9.97 Å². The molecule has 166 valence electrons. The van der Waals surface area contributed by atoms with Crippen LogP contribution in [0.4, 0.5) is 11.4 Å². The van der Waals surface area contributed by atoms with Gasteiger partial charge in [-0.2, -0.15) is 0 Å². The van der Waals surface area contributed by atoms with Crippen LogP contribution in [-0.4, -0.2) is 69.3 Å². The van der Waals surface area contributed by atoms with E-state index in [0.717, 1.165) is 60.3 Å². The molecule has 3 aromatic rings. The lowest BCUT2D eigenvalue weighted by molar-refractivity contribution is 0.307. The van der Waals surface area contributed by atoms with Gasteiger partial charge in [0.15, 0.2) is 0 Å². The Kier molecular flexibility index (Phi) is 5.96. The van der Waals surface area contributed by atoms with Crippen molar-refractivity contribution in [2.24, 2.45) is 9.98 Å². The molecule has 2 aromatic heterocycles. The molecular formula is C24H30N8. The Hall–Kier alpha value is -3.10. The SMILES string of the molecule is CN1CCC[C@H]1c1ncc(C=Nc2cccc(N=Cc3cnc([C@@H]4CCCN4C)[nH]3)c2)[nH]1. The molecule has 2 fully saturated rings. The molecule has 0 amide bonds. The Morgan fingerprint density at radius 3 is 1.78 bits per heavy atom. The second-order valence-corrected chi connectivity index (χ2v) is 8.76. The fraction of sp³-hybridized carbons (Fsp3) is 0.417. The summed E-state index contributed by atoms with van der Waals surface area (Å²) in [6.45, 7) is 2.25. The molecule has 8 heteroatoms. The maximum atomic E-state index is 4.61. The molecule has 0 spiro atoms. The number of aromatic amines is 2. The van der Waals surface area contributed by atoms with Crippen molar-refractivity contribution in [3.05, 3.63) is 59.7 Å². The normalized spacial score (nSPS) is 22.7. The van der Waals surface area contributed by atoms with Crippen molar-refractivity contribution in [3.63, 3.8) is 0 Å². The second-order valence-electron chi connectivity index (χ2n) is 8.76. The first kappa shape index (κ1) is 20.8. The van der Waals surface area contributed by atoms with E-state index >= 15 is 0 Å². The van der Waals surface area contributed by atoms with Crippen LogP contribution in [-0.2, 0) is 0 Å². The van der Waals surface area contributed by atoms with E-state index in [1.54, 1.807) is 0 Å². The number of hydrogen-bond donors (Lipinski definition) is 2. The number of nitrogens with one attached hydrogen (secondary N) is 2. The van der Waals surface area contributed by atoms with Crippen molar-refractivity contribution >= 4 is 23.8 Å². The van der Waals surface area contributed by atoms with Crippen LogP contribution in [0.3, 0.4) is 0 Å². The van der Waals surface area contributed by atoms with E-state index in [9.17, 15) is 0 Å². The molecule has 0 bridgehead atoms. The average molecular weight is 431 g/mol. The molecule has 2 atom stereocenters. The van der Waals surface area contributed by atoms with Gasteiger partial charge >= 0.3 is 0 Å². The number of H-pyrrole nitrogens is 2. The lowest BCUT2D eigenvalue weighted by Gasteiger charge is -2.16. The van der Waals surface area contributed by atoms with E-state index in [2.05, 4.69) is 53.8 Å². The molecule has 2 N–H and O–H groups in total. The van der Waals surface area contributed by atoms with Gasteiger partial charge in [0.25, 0.3) is 0 Å². The van der Waals surface area contributed by atoms with E-state index in [4.69, 9.17) is 0 Å².